The molecule has 1 N–H and O–H groups in total. The molecule has 2 aromatic heterocycles. The summed E-state index contributed by atoms with van der Waals surface area (Å²) in [7, 11) is 0. The standard InChI is InChI=1S/C15H9N3O2S/c19-14(11-7-8-16-20-11)18-15-17-13-10-4-2-1-3-9(10)5-6-12(13)21-15/h1-8H,(H,17,18,19). The van der Waals surface area contributed by atoms with Crippen LogP contribution in [0, 0.1) is 0 Å². The van der Waals surface area contributed by atoms with Crippen molar-refractivity contribution in [1.82, 2.24) is 10.1 Å². The lowest BCUT2D eigenvalue weighted by molar-refractivity contribution is 0.0988. The van der Waals surface area contributed by atoms with Gasteiger partial charge >= 0.3 is 0 Å². The van der Waals surface area contributed by atoms with Crippen LogP contribution >= 0.6 is 11.3 Å². The van der Waals surface area contributed by atoms with E-state index in [2.05, 4.69) is 21.5 Å². The first kappa shape index (κ1) is 12.0. The first-order chi connectivity index (χ1) is 10.3. The van der Waals surface area contributed by atoms with Gasteiger partial charge in [-0.2, -0.15) is 0 Å². The van der Waals surface area contributed by atoms with E-state index in [4.69, 9.17) is 4.52 Å². The van der Waals surface area contributed by atoms with E-state index in [1.165, 1.54) is 23.6 Å². The Hall–Kier alpha value is -2.73. The Balaban J connectivity index is 1.77. The zero-order valence-corrected chi connectivity index (χ0v) is 11.6. The molecule has 0 fully saturated rings. The van der Waals surface area contributed by atoms with Gasteiger partial charge in [0, 0.05) is 11.5 Å². The van der Waals surface area contributed by atoms with E-state index < -0.39 is 0 Å². The minimum absolute atomic E-state index is 0.166. The van der Waals surface area contributed by atoms with Crippen molar-refractivity contribution in [2.45, 2.75) is 0 Å². The molecule has 0 atom stereocenters. The number of thiazole rings is 1. The molecular formula is C15H9N3O2S. The number of nitrogens with one attached hydrogen (secondary N) is 1. The monoisotopic (exact) mass is 295 g/mol. The van der Waals surface area contributed by atoms with Crippen LogP contribution in [0.5, 0.6) is 0 Å². The maximum atomic E-state index is 11.9. The molecule has 0 bridgehead atoms. The van der Waals surface area contributed by atoms with Gasteiger partial charge in [0.1, 0.15) is 0 Å². The van der Waals surface area contributed by atoms with E-state index in [0.717, 1.165) is 21.0 Å². The van der Waals surface area contributed by atoms with Crippen LogP contribution < -0.4 is 5.32 Å². The SMILES string of the molecule is O=C(Nc1nc2c(ccc3ccccc32)s1)c1ccno1. The van der Waals surface area contributed by atoms with Crippen LogP contribution in [0.15, 0.2) is 53.2 Å². The van der Waals surface area contributed by atoms with Crippen LogP contribution in [0.2, 0.25) is 0 Å². The third-order valence-corrected chi connectivity index (χ3v) is 4.10. The number of anilines is 1. The van der Waals surface area contributed by atoms with E-state index in [-0.39, 0.29) is 11.7 Å². The highest BCUT2D eigenvalue weighted by Crippen LogP contribution is 2.31. The van der Waals surface area contributed by atoms with Crippen LogP contribution in [0.25, 0.3) is 21.0 Å². The summed E-state index contributed by atoms with van der Waals surface area (Å²) < 4.78 is 5.86. The molecule has 0 radical (unpaired) electrons. The fourth-order valence-electron chi connectivity index (χ4n) is 2.21. The fourth-order valence-corrected chi connectivity index (χ4v) is 3.08. The lowest BCUT2D eigenvalue weighted by Gasteiger charge is -1.97. The molecule has 1 amide bonds. The molecule has 4 aromatic rings. The second kappa shape index (κ2) is 4.68. The predicted molar refractivity (Wildman–Crippen MR) is 81.6 cm³/mol. The number of benzene rings is 2. The average molecular weight is 295 g/mol. The maximum Gasteiger partial charge on any atom is 0.296 e. The van der Waals surface area contributed by atoms with Gasteiger partial charge in [0.2, 0.25) is 5.76 Å². The van der Waals surface area contributed by atoms with Crippen LogP contribution in [0.4, 0.5) is 5.13 Å². The smallest absolute Gasteiger partial charge is 0.296 e. The van der Waals surface area contributed by atoms with Crippen molar-refractivity contribution in [3.05, 3.63) is 54.4 Å². The Labute approximate surface area is 123 Å². The van der Waals surface area contributed by atoms with E-state index in [1.807, 2.05) is 30.3 Å². The van der Waals surface area contributed by atoms with Crippen molar-refractivity contribution >= 4 is 43.4 Å². The molecule has 2 heterocycles. The molecule has 0 saturated carbocycles. The Bertz CT molecular complexity index is 944. The normalized spacial score (nSPS) is 11.0. The Morgan fingerprint density at radius 3 is 2.90 bits per heavy atom. The van der Waals surface area contributed by atoms with Crippen molar-refractivity contribution in [3.8, 4) is 0 Å². The summed E-state index contributed by atoms with van der Waals surface area (Å²) in [5, 5.41) is 9.00. The molecule has 6 heteroatoms. The number of rotatable bonds is 2. The van der Waals surface area contributed by atoms with Crippen molar-refractivity contribution in [3.63, 3.8) is 0 Å². The number of carbonyl (C=O) groups excluding carboxylic acids is 1. The van der Waals surface area contributed by atoms with Gasteiger partial charge in [-0.25, -0.2) is 4.98 Å². The number of carbonyl (C=O) groups is 1. The Morgan fingerprint density at radius 1 is 1.14 bits per heavy atom. The first-order valence-corrected chi connectivity index (χ1v) is 7.13. The molecule has 0 aliphatic rings. The van der Waals surface area contributed by atoms with E-state index in [1.54, 1.807) is 0 Å². The molecule has 0 unspecified atom stereocenters. The number of nitrogens with zero attached hydrogens (tertiary/aromatic N) is 2. The van der Waals surface area contributed by atoms with Crippen molar-refractivity contribution in [1.29, 1.82) is 0 Å². The number of aromatic nitrogens is 2. The summed E-state index contributed by atoms with van der Waals surface area (Å²) >= 11 is 1.43. The van der Waals surface area contributed by atoms with Crippen molar-refractivity contribution < 1.29 is 9.32 Å². The van der Waals surface area contributed by atoms with E-state index in [9.17, 15) is 4.79 Å². The second-order valence-corrected chi connectivity index (χ2v) is 5.51. The summed E-state index contributed by atoms with van der Waals surface area (Å²) in [6.07, 6.45) is 1.43. The molecule has 102 valence electrons. The van der Waals surface area contributed by atoms with Gasteiger partial charge in [0.15, 0.2) is 5.13 Å². The Kier molecular flexibility index (Phi) is 2.68. The molecule has 4 rings (SSSR count). The summed E-state index contributed by atoms with van der Waals surface area (Å²) in [5.41, 5.74) is 0.894. The van der Waals surface area contributed by atoms with Gasteiger partial charge in [-0.1, -0.05) is 46.8 Å². The summed E-state index contributed by atoms with van der Waals surface area (Å²) in [4.78, 5) is 16.5. The molecular weight excluding hydrogens is 286 g/mol. The molecule has 21 heavy (non-hydrogen) atoms. The molecule has 0 aliphatic carbocycles. The molecule has 0 spiro atoms. The topological polar surface area (TPSA) is 68.0 Å². The lowest BCUT2D eigenvalue weighted by Crippen LogP contribution is -2.10. The minimum atomic E-state index is -0.351. The Morgan fingerprint density at radius 2 is 2.05 bits per heavy atom. The largest absolute Gasteiger partial charge is 0.351 e. The molecule has 0 saturated heterocycles. The second-order valence-electron chi connectivity index (χ2n) is 4.48. The zero-order chi connectivity index (χ0) is 14.2. The fraction of sp³-hybridized carbons (Fsp3) is 0. The number of hydrogen-bond donors (Lipinski definition) is 1. The van der Waals surface area contributed by atoms with E-state index in [0.29, 0.717) is 5.13 Å². The highest BCUT2D eigenvalue weighted by atomic mass is 32.1. The number of hydrogen-bond acceptors (Lipinski definition) is 5. The van der Waals surface area contributed by atoms with Gasteiger partial charge in [-0.15, -0.1) is 0 Å². The zero-order valence-electron chi connectivity index (χ0n) is 10.7. The molecule has 0 aliphatic heterocycles. The minimum Gasteiger partial charge on any atom is -0.351 e. The number of fused-ring (bicyclic) bond motifs is 3. The van der Waals surface area contributed by atoms with Crippen LogP contribution in [-0.2, 0) is 0 Å². The van der Waals surface area contributed by atoms with Gasteiger partial charge in [-0.05, 0) is 11.5 Å². The van der Waals surface area contributed by atoms with Gasteiger partial charge in [-0.3, -0.25) is 10.1 Å². The quantitative estimate of drug-likeness (QED) is 0.612. The van der Waals surface area contributed by atoms with Crippen molar-refractivity contribution in [2.75, 3.05) is 5.32 Å². The first-order valence-electron chi connectivity index (χ1n) is 6.31. The van der Waals surface area contributed by atoms with Crippen LogP contribution in [0.3, 0.4) is 0 Å². The third-order valence-electron chi connectivity index (χ3n) is 3.17. The van der Waals surface area contributed by atoms with Gasteiger partial charge in [0.05, 0.1) is 16.4 Å². The summed E-state index contributed by atoms with van der Waals surface area (Å²) in [6, 6.07) is 13.6. The van der Waals surface area contributed by atoms with Crippen molar-refractivity contribution in [2.24, 2.45) is 0 Å². The van der Waals surface area contributed by atoms with Crippen LogP contribution in [0.1, 0.15) is 10.6 Å². The maximum absolute atomic E-state index is 11.9. The highest BCUT2D eigenvalue weighted by Gasteiger charge is 2.13. The van der Waals surface area contributed by atoms with Crippen LogP contribution in [-0.4, -0.2) is 16.0 Å². The average Bonchev–Trinajstić information content (AvgIpc) is 3.16. The third kappa shape index (κ3) is 2.05. The predicted octanol–water partition coefficient (Wildman–Crippen LogP) is 3.69. The lowest BCUT2D eigenvalue weighted by atomic mass is 10.1. The van der Waals surface area contributed by atoms with Gasteiger partial charge in [0.25, 0.3) is 5.91 Å². The molecule has 5 nitrogen and oxygen atoms in total. The summed E-state index contributed by atoms with van der Waals surface area (Å²) in [5.74, 6) is -0.185. The summed E-state index contributed by atoms with van der Waals surface area (Å²) in [6.45, 7) is 0. The van der Waals surface area contributed by atoms with Gasteiger partial charge < -0.3 is 4.52 Å². The number of amides is 1. The highest BCUT2D eigenvalue weighted by molar-refractivity contribution is 7.22. The van der Waals surface area contributed by atoms with E-state index >= 15 is 0 Å². The molecule has 2 aromatic carbocycles.